The van der Waals surface area contributed by atoms with E-state index in [9.17, 15) is 0 Å². The van der Waals surface area contributed by atoms with Crippen LogP contribution >= 0.6 is 0 Å². The summed E-state index contributed by atoms with van der Waals surface area (Å²) in [5, 5.41) is 7.53. The topological polar surface area (TPSA) is 25.8 Å². The first kappa shape index (κ1) is 29.1. The van der Waals surface area contributed by atoms with Crippen molar-refractivity contribution in [1.29, 1.82) is 0 Å². The van der Waals surface area contributed by atoms with Crippen LogP contribution in [0.2, 0.25) is 0 Å². The third kappa shape index (κ3) is 5.14. The predicted molar refractivity (Wildman–Crippen MR) is 206 cm³/mol. The molecule has 0 saturated heterocycles. The molecule has 49 heavy (non-hydrogen) atoms. The van der Waals surface area contributed by atoms with Gasteiger partial charge < -0.3 is 0 Å². The van der Waals surface area contributed by atoms with Crippen molar-refractivity contribution in [2.24, 2.45) is 5.92 Å². The highest BCUT2D eigenvalue weighted by Crippen LogP contribution is 2.46. The van der Waals surface area contributed by atoms with Gasteiger partial charge in [-0.2, -0.15) is 0 Å². The molecule has 0 aliphatic heterocycles. The Bertz CT molecular complexity index is 2540. The fourth-order valence-corrected chi connectivity index (χ4v) is 7.72. The summed E-state index contributed by atoms with van der Waals surface area (Å²) in [4.78, 5) is 9.30. The van der Waals surface area contributed by atoms with Gasteiger partial charge in [-0.3, -0.25) is 9.97 Å². The zero-order valence-electron chi connectivity index (χ0n) is 27.3. The van der Waals surface area contributed by atoms with Crippen LogP contribution in [0, 0.1) is 5.92 Å². The maximum Gasteiger partial charge on any atom is 0.0701 e. The third-order valence-corrected chi connectivity index (χ3v) is 10.1. The fourth-order valence-electron chi connectivity index (χ4n) is 7.72. The van der Waals surface area contributed by atoms with Crippen LogP contribution in [-0.2, 0) is 0 Å². The molecule has 2 heterocycles. The lowest BCUT2D eigenvalue weighted by molar-refractivity contribution is 0.622. The number of hydrogen-bond acceptors (Lipinski definition) is 2. The zero-order valence-corrected chi connectivity index (χ0v) is 27.3. The van der Waals surface area contributed by atoms with Gasteiger partial charge in [0.2, 0.25) is 0 Å². The maximum absolute atomic E-state index is 4.71. The first-order valence-corrected chi connectivity index (χ1v) is 17.0. The van der Waals surface area contributed by atoms with Crippen LogP contribution in [0.15, 0.2) is 176 Å². The van der Waals surface area contributed by atoms with E-state index < -0.39 is 0 Å². The standard InChI is InChI=1S/C47H34N2/c1-31-29-36(24-25-37(31)45-18-7-9-28-49-45)47-41-15-5-4-14-40(41)46(34-21-19-33(20-22-34)44-17-6-8-27-48-44)42-26-23-35(30-43(42)47)39-16-10-12-32-11-2-3-13-38(32)39/h2-31,37H,1H3. The molecule has 2 nitrogen and oxygen atoms in total. The molecule has 0 spiro atoms. The van der Waals surface area contributed by atoms with E-state index in [2.05, 4.69) is 158 Å². The first-order chi connectivity index (χ1) is 24.2. The van der Waals surface area contributed by atoms with Crippen molar-refractivity contribution in [3.8, 4) is 33.5 Å². The van der Waals surface area contributed by atoms with Crippen molar-refractivity contribution in [2.75, 3.05) is 0 Å². The summed E-state index contributed by atoms with van der Waals surface area (Å²) < 4.78 is 0. The van der Waals surface area contributed by atoms with Gasteiger partial charge in [0.15, 0.2) is 0 Å². The maximum atomic E-state index is 4.71. The molecule has 1 aliphatic carbocycles. The van der Waals surface area contributed by atoms with E-state index in [4.69, 9.17) is 4.98 Å². The number of fused-ring (bicyclic) bond motifs is 3. The molecule has 2 atom stereocenters. The number of pyridine rings is 2. The molecule has 2 aromatic heterocycles. The van der Waals surface area contributed by atoms with E-state index in [-0.39, 0.29) is 5.92 Å². The number of allylic oxidation sites excluding steroid dienone is 4. The Morgan fingerprint density at radius 3 is 1.90 bits per heavy atom. The molecule has 2 heteroatoms. The molecule has 6 aromatic carbocycles. The lowest BCUT2D eigenvalue weighted by atomic mass is 9.79. The number of hydrogen-bond donors (Lipinski definition) is 0. The van der Waals surface area contributed by atoms with E-state index in [0.29, 0.717) is 5.92 Å². The second kappa shape index (κ2) is 12.2. The van der Waals surface area contributed by atoms with Crippen LogP contribution in [0.1, 0.15) is 24.1 Å². The summed E-state index contributed by atoms with van der Waals surface area (Å²) in [7, 11) is 0. The minimum atomic E-state index is 0.241. The van der Waals surface area contributed by atoms with Gasteiger partial charge in [-0.25, -0.2) is 0 Å². The Morgan fingerprint density at radius 1 is 0.490 bits per heavy atom. The van der Waals surface area contributed by atoms with Crippen molar-refractivity contribution in [2.45, 2.75) is 12.8 Å². The normalized spacial score (nSPS) is 15.9. The van der Waals surface area contributed by atoms with Crippen LogP contribution in [0.25, 0.3) is 71.4 Å². The second-order valence-corrected chi connectivity index (χ2v) is 13.0. The molecule has 232 valence electrons. The Morgan fingerprint density at radius 2 is 1.14 bits per heavy atom. The molecule has 0 N–H and O–H groups in total. The van der Waals surface area contributed by atoms with Crippen LogP contribution in [0.4, 0.5) is 0 Å². The van der Waals surface area contributed by atoms with Crippen LogP contribution in [0.5, 0.6) is 0 Å². The summed E-state index contributed by atoms with van der Waals surface area (Å²) in [6.07, 6.45) is 10.9. The van der Waals surface area contributed by atoms with Crippen molar-refractivity contribution in [3.63, 3.8) is 0 Å². The summed E-state index contributed by atoms with van der Waals surface area (Å²) >= 11 is 0. The van der Waals surface area contributed by atoms with Crippen LogP contribution in [-0.4, -0.2) is 9.97 Å². The molecule has 2 unspecified atom stereocenters. The molecule has 0 radical (unpaired) electrons. The largest absolute Gasteiger partial charge is 0.261 e. The number of aromatic nitrogens is 2. The average Bonchev–Trinajstić information content (AvgIpc) is 3.17. The summed E-state index contributed by atoms with van der Waals surface area (Å²) in [5.41, 5.74) is 10.7. The van der Waals surface area contributed by atoms with Gasteiger partial charge in [-0.05, 0) is 102 Å². The lowest BCUT2D eigenvalue weighted by Gasteiger charge is -2.25. The second-order valence-electron chi connectivity index (χ2n) is 13.0. The minimum absolute atomic E-state index is 0.241. The van der Waals surface area contributed by atoms with E-state index in [1.165, 1.54) is 65.7 Å². The molecular formula is C47H34N2. The van der Waals surface area contributed by atoms with Gasteiger partial charge in [-0.15, -0.1) is 0 Å². The van der Waals surface area contributed by atoms with Gasteiger partial charge in [0.05, 0.1) is 5.69 Å². The van der Waals surface area contributed by atoms with Gasteiger partial charge in [0.1, 0.15) is 0 Å². The van der Waals surface area contributed by atoms with E-state index in [0.717, 1.165) is 17.0 Å². The van der Waals surface area contributed by atoms with Crippen molar-refractivity contribution >= 4 is 37.9 Å². The molecule has 0 amide bonds. The molecule has 1 aliphatic rings. The zero-order chi connectivity index (χ0) is 32.7. The Labute approximate surface area is 286 Å². The van der Waals surface area contributed by atoms with Crippen molar-refractivity contribution < 1.29 is 0 Å². The molecular weight excluding hydrogens is 593 g/mol. The van der Waals surface area contributed by atoms with Gasteiger partial charge in [0.25, 0.3) is 0 Å². The molecule has 0 bridgehead atoms. The molecule has 9 rings (SSSR count). The fraction of sp³-hybridized carbons (Fsp3) is 0.0638. The third-order valence-electron chi connectivity index (χ3n) is 10.1. The smallest absolute Gasteiger partial charge is 0.0701 e. The van der Waals surface area contributed by atoms with Gasteiger partial charge >= 0.3 is 0 Å². The summed E-state index contributed by atoms with van der Waals surface area (Å²) in [5.74, 6) is 0.536. The summed E-state index contributed by atoms with van der Waals surface area (Å²) in [6, 6.07) is 52.5. The highest BCUT2D eigenvalue weighted by molar-refractivity contribution is 6.20. The van der Waals surface area contributed by atoms with Gasteiger partial charge in [0, 0.05) is 29.6 Å². The molecule has 8 aromatic rings. The Hall–Kier alpha value is -6.12. The Kier molecular flexibility index (Phi) is 7.21. The first-order valence-electron chi connectivity index (χ1n) is 17.0. The molecule has 0 saturated carbocycles. The van der Waals surface area contributed by atoms with E-state index in [1.807, 2.05) is 30.6 Å². The van der Waals surface area contributed by atoms with E-state index >= 15 is 0 Å². The summed E-state index contributed by atoms with van der Waals surface area (Å²) in [6.45, 7) is 2.31. The van der Waals surface area contributed by atoms with Crippen molar-refractivity contribution in [1.82, 2.24) is 9.97 Å². The lowest BCUT2D eigenvalue weighted by Crippen LogP contribution is -2.10. The monoisotopic (exact) mass is 626 g/mol. The van der Waals surface area contributed by atoms with Crippen LogP contribution < -0.4 is 0 Å². The number of benzene rings is 6. The highest BCUT2D eigenvalue weighted by Gasteiger charge is 2.24. The number of rotatable bonds is 5. The van der Waals surface area contributed by atoms with Crippen LogP contribution in [0.3, 0.4) is 0 Å². The molecule has 0 fully saturated rings. The Balaban J connectivity index is 1.29. The number of nitrogens with zero attached hydrogens (tertiary/aromatic N) is 2. The average molecular weight is 627 g/mol. The SMILES string of the molecule is CC1C=C(c2c3ccccc3c(-c3ccc(-c4ccccn4)cc3)c3ccc(-c4cccc5ccccc45)cc23)C=CC1c1ccccn1. The van der Waals surface area contributed by atoms with Crippen molar-refractivity contribution in [3.05, 3.63) is 187 Å². The van der Waals surface area contributed by atoms with Gasteiger partial charge in [-0.1, -0.05) is 140 Å². The minimum Gasteiger partial charge on any atom is -0.261 e. The van der Waals surface area contributed by atoms with E-state index in [1.54, 1.807) is 0 Å². The quantitative estimate of drug-likeness (QED) is 0.178. The highest BCUT2D eigenvalue weighted by atomic mass is 14.7. The predicted octanol–water partition coefficient (Wildman–Crippen LogP) is 12.3.